The molecule has 0 fully saturated rings. The smallest absolute Gasteiger partial charge is 0.175 e. The molecule has 3 N–H and O–H groups in total. The topological polar surface area (TPSA) is 94.5 Å². The van der Waals surface area contributed by atoms with Crippen LogP contribution in [0.3, 0.4) is 0 Å². The zero-order valence-corrected chi connectivity index (χ0v) is 10.7. The van der Waals surface area contributed by atoms with Crippen LogP contribution in [0.2, 0.25) is 0 Å². The van der Waals surface area contributed by atoms with Crippen molar-refractivity contribution < 1.29 is 0 Å². The fourth-order valence-electron chi connectivity index (χ4n) is 1.63. The second-order valence-corrected chi connectivity index (χ2v) is 4.29. The molecular weight excluding hydrogens is 298 g/mol. The van der Waals surface area contributed by atoms with E-state index in [-0.39, 0.29) is 0 Å². The number of benzene rings is 1. The summed E-state index contributed by atoms with van der Waals surface area (Å²) in [7, 11) is 0. The highest BCUT2D eigenvalue weighted by Crippen LogP contribution is 2.26. The summed E-state index contributed by atoms with van der Waals surface area (Å²) in [5.41, 5.74) is 4.14. The van der Waals surface area contributed by atoms with Crippen LogP contribution in [0.15, 0.2) is 35.1 Å². The summed E-state index contributed by atoms with van der Waals surface area (Å²) in [6.07, 6.45) is 1.41. The standard InChI is InChI=1S/C10H8BrN7/c11-8-9(15-12)13-5-14-10(8)18-7-4-2-1-3-6(7)16-17-18/h1-5H,12H2,(H,13,14,15). The third-order valence-corrected chi connectivity index (χ3v) is 3.19. The first kappa shape index (κ1) is 11.1. The number of rotatable bonds is 2. The van der Waals surface area contributed by atoms with Crippen LogP contribution in [0.5, 0.6) is 0 Å². The molecule has 0 aliphatic carbocycles. The Balaban J connectivity index is 2.26. The number of para-hydroxylation sites is 1. The molecule has 0 saturated carbocycles. The number of nitrogens with one attached hydrogen (secondary N) is 1. The lowest BCUT2D eigenvalue weighted by Gasteiger charge is -2.06. The number of anilines is 1. The molecular formula is C10H8BrN7. The van der Waals surface area contributed by atoms with Crippen LogP contribution in [0.1, 0.15) is 0 Å². The van der Waals surface area contributed by atoms with Crippen molar-refractivity contribution in [3.63, 3.8) is 0 Å². The van der Waals surface area contributed by atoms with Crippen molar-refractivity contribution in [1.29, 1.82) is 0 Å². The van der Waals surface area contributed by atoms with E-state index < -0.39 is 0 Å². The monoisotopic (exact) mass is 305 g/mol. The van der Waals surface area contributed by atoms with Gasteiger partial charge in [0.05, 0.1) is 5.52 Å². The Hall–Kier alpha value is -2.06. The molecule has 3 aromatic rings. The van der Waals surface area contributed by atoms with Crippen LogP contribution in [0.4, 0.5) is 5.82 Å². The average Bonchev–Trinajstić information content (AvgIpc) is 2.83. The summed E-state index contributed by atoms with van der Waals surface area (Å²) in [4.78, 5) is 8.18. The summed E-state index contributed by atoms with van der Waals surface area (Å²) in [5.74, 6) is 6.43. The second kappa shape index (κ2) is 4.31. The summed E-state index contributed by atoms with van der Waals surface area (Å²) in [6, 6.07) is 7.62. The van der Waals surface area contributed by atoms with Crippen LogP contribution in [-0.2, 0) is 0 Å². The van der Waals surface area contributed by atoms with E-state index in [1.165, 1.54) is 6.33 Å². The number of halogens is 1. The lowest BCUT2D eigenvalue weighted by molar-refractivity contribution is 0.793. The maximum atomic E-state index is 5.37. The molecule has 3 rings (SSSR count). The molecule has 18 heavy (non-hydrogen) atoms. The van der Waals surface area contributed by atoms with Gasteiger partial charge in [0.25, 0.3) is 0 Å². The zero-order valence-electron chi connectivity index (χ0n) is 9.08. The van der Waals surface area contributed by atoms with Gasteiger partial charge in [-0.2, -0.15) is 4.68 Å². The summed E-state index contributed by atoms with van der Waals surface area (Å²) < 4.78 is 2.25. The number of hydrazine groups is 1. The average molecular weight is 306 g/mol. The quantitative estimate of drug-likeness (QED) is 0.547. The van der Waals surface area contributed by atoms with E-state index in [0.29, 0.717) is 16.1 Å². The van der Waals surface area contributed by atoms with E-state index in [0.717, 1.165) is 11.0 Å². The van der Waals surface area contributed by atoms with Gasteiger partial charge in [-0.25, -0.2) is 15.8 Å². The van der Waals surface area contributed by atoms with Crippen molar-refractivity contribution in [3.05, 3.63) is 35.1 Å². The van der Waals surface area contributed by atoms with Gasteiger partial charge in [0.2, 0.25) is 0 Å². The number of nitrogen functional groups attached to an aromatic ring is 1. The first-order chi connectivity index (χ1) is 8.81. The van der Waals surface area contributed by atoms with E-state index in [4.69, 9.17) is 5.84 Å². The largest absolute Gasteiger partial charge is 0.307 e. The molecule has 0 bridgehead atoms. The minimum absolute atomic E-state index is 0.486. The maximum Gasteiger partial charge on any atom is 0.175 e. The summed E-state index contributed by atoms with van der Waals surface area (Å²) in [6.45, 7) is 0. The molecule has 0 aliphatic heterocycles. The minimum Gasteiger partial charge on any atom is -0.307 e. The normalized spacial score (nSPS) is 10.8. The molecule has 90 valence electrons. The number of nitrogens with zero attached hydrogens (tertiary/aromatic N) is 5. The lowest BCUT2D eigenvalue weighted by Crippen LogP contribution is -2.11. The van der Waals surface area contributed by atoms with Crippen LogP contribution in [-0.4, -0.2) is 25.0 Å². The van der Waals surface area contributed by atoms with Gasteiger partial charge < -0.3 is 5.43 Å². The van der Waals surface area contributed by atoms with Gasteiger partial charge >= 0.3 is 0 Å². The Morgan fingerprint density at radius 2 is 2.06 bits per heavy atom. The van der Waals surface area contributed by atoms with Crippen molar-refractivity contribution in [2.45, 2.75) is 0 Å². The third-order valence-electron chi connectivity index (χ3n) is 2.46. The predicted octanol–water partition coefficient (Wildman–Crippen LogP) is 1.26. The number of hydrogen-bond donors (Lipinski definition) is 2. The van der Waals surface area contributed by atoms with Crippen LogP contribution >= 0.6 is 15.9 Å². The summed E-state index contributed by atoms with van der Waals surface area (Å²) >= 11 is 3.39. The maximum absolute atomic E-state index is 5.37. The minimum atomic E-state index is 0.486. The van der Waals surface area contributed by atoms with E-state index >= 15 is 0 Å². The van der Waals surface area contributed by atoms with Gasteiger partial charge in [-0.1, -0.05) is 17.3 Å². The first-order valence-corrected chi connectivity index (χ1v) is 5.88. The van der Waals surface area contributed by atoms with Crippen LogP contribution in [0, 0.1) is 0 Å². The van der Waals surface area contributed by atoms with Crippen molar-refractivity contribution >= 4 is 32.8 Å². The summed E-state index contributed by atoms with van der Waals surface area (Å²) in [5, 5.41) is 8.15. The SMILES string of the molecule is NNc1ncnc(-n2nnc3ccccc32)c1Br. The molecule has 7 nitrogen and oxygen atoms in total. The molecule has 0 aliphatic rings. The number of aromatic nitrogens is 5. The molecule has 0 atom stereocenters. The van der Waals surface area contributed by atoms with E-state index in [1.807, 2.05) is 24.3 Å². The Morgan fingerprint density at radius 3 is 2.89 bits per heavy atom. The highest BCUT2D eigenvalue weighted by molar-refractivity contribution is 9.10. The van der Waals surface area contributed by atoms with E-state index in [9.17, 15) is 0 Å². The molecule has 8 heteroatoms. The number of nitrogens with two attached hydrogens (primary N) is 1. The fourth-order valence-corrected chi connectivity index (χ4v) is 2.12. The molecule has 0 saturated heterocycles. The van der Waals surface area contributed by atoms with Crippen LogP contribution < -0.4 is 11.3 Å². The first-order valence-electron chi connectivity index (χ1n) is 5.09. The third kappa shape index (κ3) is 1.62. The number of hydrogen-bond acceptors (Lipinski definition) is 6. The molecule has 2 heterocycles. The molecule has 1 aromatic carbocycles. The second-order valence-electron chi connectivity index (χ2n) is 3.49. The predicted molar refractivity (Wildman–Crippen MR) is 70.0 cm³/mol. The Morgan fingerprint density at radius 1 is 1.22 bits per heavy atom. The van der Waals surface area contributed by atoms with Crippen molar-refractivity contribution in [2.24, 2.45) is 5.84 Å². The van der Waals surface area contributed by atoms with E-state index in [2.05, 4.69) is 41.6 Å². The molecule has 0 radical (unpaired) electrons. The molecule has 0 spiro atoms. The highest BCUT2D eigenvalue weighted by Gasteiger charge is 2.13. The van der Waals surface area contributed by atoms with Gasteiger partial charge in [0.1, 0.15) is 16.3 Å². The Kier molecular flexibility index (Phi) is 2.65. The van der Waals surface area contributed by atoms with Gasteiger partial charge in [0, 0.05) is 0 Å². The van der Waals surface area contributed by atoms with Gasteiger partial charge in [0.15, 0.2) is 11.6 Å². The zero-order chi connectivity index (χ0) is 12.5. The van der Waals surface area contributed by atoms with Crippen molar-refractivity contribution in [3.8, 4) is 5.82 Å². The van der Waals surface area contributed by atoms with Gasteiger partial charge in [-0.05, 0) is 28.1 Å². The number of fused-ring (bicyclic) bond motifs is 1. The highest BCUT2D eigenvalue weighted by atomic mass is 79.9. The van der Waals surface area contributed by atoms with E-state index in [1.54, 1.807) is 4.68 Å². The van der Waals surface area contributed by atoms with Crippen molar-refractivity contribution in [2.75, 3.05) is 5.43 Å². The van der Waals surface area contributed by atoms with Crippen molar-refractivity contribution in [1.82, 2.24) is 25.0 Å². The Labute approximate surface area is 110 Å². The van der Waals surface area contributed by atoms with Gasteiger partial charge in [-0.3, -0.25) is 0 Å². The molecule has 0 amide bonds. The Bertz CT molecular complexity index is 708. The van der Waals surface area contributed by atoms with Crippen LogP contribution in [0.25, 0.3) is 16.9 Å². The van der Waals surface area contributed by atoms with Gasteiger partial charge in [-0.15, -0.1) is 5.10 Å². The molecule has 0 unspecified atom stereocenters. The lowest BCUT2D eigenvalue weighted by atomic mass is 10.3. The fraction of sp³-hybridized carbons (Fsp3) is 0. The molecule has 2 aromatic heterocycles.